The van der Waals surface area contributed by atoms with Gasteiger partial charge in [-0.05, 0) is 55.5 Å². The monoisotopic (exact) mass is 373 g/mol. The lowest BCUT2D eigenvalue weighted by molar-refractivity contribution is -0.116. The van der Waals surface area contributed by atoms with E-state index in [1.807, 2.05) is 40.9 Å². The van der Waals surface area contributed by atoms with Crippen molar-refractivity contribution in [3.8, 4) is 0 Å². The Morgan fingerprint density at radius 2 is 1.57 bits per heavy atom. The van der Waals surface area contributed by atoms with E-state index in [9.17, 15) is 14.4 Å². The molecule has 0 fully saturated rings. The smallest absolute Gasteiger partial charge is 0.275 e. The molecule has 2 heterocycles. The highest BCUT2D eigenvalue weighted by Gasteiger charge is 2.11. The molecule has 4 rings (SSSR count). The zero-order valence-electron chi connectivity index (χ0n) is 15.4. The molecular formula is C22H19N3O3. The molecule has 1 amide bonds. The first-order valence-corrected chi connectivity index (χ1v) is 9.04. The first-order chi connectivity index (χ1) is 13.5. The Kier molecular flexibility index (Phi) is 4.53. The zero-order chi connectivity index (χ0) is 19.7. The number of nitrogens with one attached hydrogen (secondary N) is 1. The molecule has 140 valence electrons. The summed E-state index contributed by atoms with van der Waals surface area (Å²) in [4.78, 5) is 36.6. The molecule has 0 aliphatic heterocycles. The first-order valence-electron chi connectivity index (χ1n) is 9.04. The number of nitrogens with zero attached hydrogens (tertiary/aromatic N) is 2. The summed E-state index contributed by atoms with van der Waals surface area (Å²) in [5.74, 6) is -0.216. The van der Waals surface area contributed by atoms with Crippen LogP contribution in [0.25, 0.3) is 16.6 Å². The third-order valence-corrected chi connectivity index (χ3v) is 4.78. The average molecular weight is 373 g/mol. The van der Waals surface area contributed by atoms with Gasteiger partial charge in [0.05, 0.1) is 11.0 Å². The van der Waals surface area contributed by atoms with Crippen molar-refractivity contribution in [2.24, 2.45) is 0 Å². The van der Waals surface area contributed by atoms with Crippen molar-refractivity contribution in [1.29, 1.82) is 0 Å². The number of anilines is 1. The molecule has 4 aromatic rings. The number of benzene rings is 2. The molecule has 0 bridgehead atoms. The second-order valence-corrected chi connectivity index (χ2v) is 6.64. The number of amides is 1. The summed E-state index contributed by atoms with van der Waals surface area (Å²) in [6.07, 6.45) is 2.02. The number of rotatable bonds is 5. The molecule has 6 heteroatoms. The number of carbonyl (C=O) groups excluding carboxylic acids is 2. The molecule has 0 saturated carbocycles. The van der Waals surface area contributed by atoms with Crippen LogP contribution in [0.2, 0.25) is 0 Å². The van der Waals surface area contributed by atoms with Gasteiger partial charge in [0.15, 0.2) is 5.78 Å². The van der Waals surface area contributed by atoms with E-state index in [1.165, 1.54) is 6.92 Å². The number of carbonyl (C=O) groups is 2. The number of aryl methyl sites for hydroxylation is 1. The summed E-state index contributed by atoms with van der Waals surface area (Å²) in [7, 11) is 0. The van der Waals surface area contributed by atoms with Crippen LogP contribution in [0.15, 0.2) is 71.7 Å². The lowest BCUT2D eigenvalue weighted by atomic mass is 10.1. The minimum Gasteiger partial charge on any atom is -0.326 e. The van der Waals surface area contributed by atoms with Crippen molar-refractivity contribution in [2.45, 2.75) is 19.9 Å². The predicted octanol–water partition coefficient (Wildman–Crippen LogP) is 3.49. The molecular weight excluding hydrogens is 354 g/mol. The SMILES string of the molecule is CC(=O)c1ccc(NC(=O)CCn2c(=O)c3cccn3c3ccccc32)cc1. The van der Waals surface area contributed by atoms with Gasteiger partial charge in [0.2, 0.25) is 5.91 Å². The number of para-hydroxylation sites is 2. The Labute approximate surface area is 161 Å². The van der Waals surface area contributed by atoms with Crippen molar-refractivity contribution in [1.82, 2.24) is 8.97 Å². The molecule has 0 spiro atoms. The largest absolute Gasteiger partial charge is 0.326 e. The molecule has 0 unspecified atom stereocenters. The summed E-state index contributed by atoms with van der Waals surface area (Å²) >= 11 is 0. The molecule has 0 atom stereocenters. The Balaban J connectivity index is 1.56. The van der Waals surface area contributed by atoms with Crippen LogP contribution in [0.5, 0.6) is 0 Å². The van der Waals surface area contributed by atoms with Crippen LogP contribution in [0.4, 0.5) is 5.69 Å². The Morgan fingerprint density at radius 1 is 0.893 bits per heavy atom. The molecule has 28 heavy (non-hydrogen) atoms. The predicted molar refractivity (Wildman–Crippen MR) is 109 cm³/mol. The molecule has 2 aromatic carbocycles. The van der Waals surface area contributed by atoms with Crippen molar-refractivity contribution < 1.29 is 9.59 Å². The fourth-order valence-electron chi connectivity index (χ4n) is 3.36. The van der Waals surface area contributed by atoms with Crippen LogP contribution in [0.1, 0.15) is 23.7 Å². The van der Waals surface area contributed by atoms with Crippen LogP contribution in [0, 0.1) is 0 Å². The second-order valence-electron chi connectivity index (χ2n) is 6.64. The summed E-state index contributed by atoms with van der Waals surface area (Å²) in [6.45, 7) is 1.77. The maximum Gasteiger partial charge on any atom is 0.275 e. The lowest BCUT2D eigenvalue weighted by Crippen LogP contribution is -2.25. The molecule has 2 aromatic heterocycles. The van der Waals surface area contributed by atoms with E-state index in [4.69, 9.17) is 0 Å². The molecule has 0 radical (unpaired) electrons. The number of fused-ring (bicyclic) bond motifs is 3. The van der Waals surface area contributed by atoms with Crippen LogP contribution >= 0.6 is 0 Å². The van der Waals surface area contributed by atoms with E-state index in [0.29, 0.717) is 16.8 Å². The van der Waals surface area contributed by atoms with Gasteiger partial charge in [-0.25, -0.2) is 0 Å². The highest BCUT2D eigenvalue weighted by atomic mass is 16.2. The van der Waals surface area contributed by atoms with Gasteiger partial charge < -0.3 is 14.3 Å². The third-order valence-electron chi connectivity index (χ3n) is 4.78. The van der Waals surface area contributed by atoms with E-state index < -0.39 is 0 Å². The van der Waals surface area contributed by atoms with Gasteiger partial charge >= 0.3 is 0 Å². The Hall–Kier alpha value is -3.67. The van der Waals surface area contributed by atoms with E-state index >= 15 is 0 Å². The van der Waals surface area contributed by atoms with Crippen molar-refractivity contribution in [3.05, 3.63) is 82.8 Å². The van der Waals surface area contributed by atoms with Gasteiger partial charge in [-0.3, -0.25) is 14.4 Å². The summed E-state index contributed by atoms with van der Waals surface area (Å²) < 4.78 is 3.51. The minimum absolute atomic E-state index is 0.0232. The van der Waals surface area contributed by atoms with E-state index in [0.717, 1.165) is 11.0 Å². The Bertz CT molecular complexity index is 1250. The van der Waals surface area contributed by atoms with E-state index in [1.54, 1.807) is 34.9 Å². The van der Waals surface area contributed by atoms with Crippen molar-refractivity contribution in [2.75, 3.05) is 5.32 Å². The highest BCUT2D eigenvalue weighted by molar-refractivity contribution is 5.95. The Morgan fingerprint density at radius 3 is 2.29 bits per heavy atom. The molecule has 0 saturated heterocycles. The normalized spacial score (nSPS) is 11.0. The van der Waals surface area contributed by atoms with Gasteiger partial charge in [0.1, 0.15) is 5.52 Å². The second kappa shape index (κ2) is 7.15. The number of Topliss-reactive ketones (excluding diaryl/α,β-unsaturated/α-hetero) is 1. The van der Waals surface area contributed by atoms with Crippen molar-refractivity contribution >= 4 is 33.9 Å². The molecule has 0 aliphatic carbocycles. The van der Waals surface area contributed by atoms with E-state index in [-0.39, 0.29) is 30.2 Å². The van der Waals surface area contributed by atoms with Gasteiger partial charge in [0.25, 0.3) is 5.56 Å². The molecule has 6 nitrogen and oxygen atoms in total. The number of hydrogen-bond donors (Lipinski definition) is 1. The number of ketones is 1. The van der Waals surface area contributed by atoms with Crippen LogP contribution in [0.3, 0.4) is 0 Å². The summed E-state index contributed by atoms with van der Waals surface area (Å²) in [5, 5.41) is 2.81. The zero-order valence-corrected chi connectivity index (χ0v) is 15.4. The van der Waals surface area contributed by atoms with Gasteiger partial charge in [-0.15, -0.1) is 0 Å². The number of aromatic nitrogens is 2. The quantitative estimate of drug-likeness (QED) is 0.544. The molecule has 0 aliphatic rings. The fraction of sp³-hybridized carbons (Fsp3) is 0.136. The summed E-state index contributed by atoms with van der Waals surface area (Å²) in [6, 6.07) is 18.0. The number of hydrogen-bond acceptors (Lipinski definition) is 3. The van der Waals surface area contributed by atoms with Crippen LogP contribution in [-0.4, -0.2) is 20.7 Å². The fourth-order valence-corrected chi connectivity index (χ4v) is 3.36. The lowest BCUT2D eigenvalue weighted by Gasteiger charge is -2.12. The van der Waals surface area contributed by atoms with Gasteiger partial charge in [-0.2, -0.15) is 0 Å². The van der Waals surface area contributed by atoms with Gasteiger partial charge in [-0.1, -0.05) is 12.1 Å². The first kappa shape index (κ1) is 17.7. The maximum absolute atomic E-state index is 12.9. The van der Waals surface area contributed by atoms with Crippen LogP contribution < -0.4 is 10.9 Å². The van der Waals surface area contributed by atoms with Crippen LogP contribution in [-0.2, 0) is 11.3 Å². The average Bonchev–Trinajstić information content (AvgIpc) is 3.19. The minimum atomic E-state index is -0.193. The highest BCUT2D eigenvalue weighted by Crippen LogP contribution is 2.16. The maximum atomic E-state index is 12.9. The molecule has 1 N–H and O–H groups in total. The topological polar surface area (TPSA) is 72.6 Å². The van der Waals surface area contributed by atoms with Crippen molar-refractivity contribution in [3.63, 3.8) is 0 Å². The standard InChI is InChI=1S/C22H19N3O3/c1-15(26)16-8-10-17(11-9-16)23-21(27)12-14-25-19-6-3-2-5-18(19)24-13-4-7-20(24)22(25)28/h2-11,13H,12,14H2,1H3,(H,23,27). The third kappa shape index (κ3) is 3.20. The summed E-state index contributed by atoms with van der Waals surface area (Å²) in [5.41, 5.74) is 3.38. The van der Waals surface area contributed by atoms with E-state index in [2.05, 4.69) is 5.32 Å². The van der Waals surface area contributed by atoms with Gasteiger partial charge in [0, 0.05) is 30.4 Å².